The molecule has 0 unspecified atom stereocenters. The fraction of sp³-hybridized carbons (Fsp3) is 0.692. The summed E-state index contributed by atoms with van der Waals surface area (Å²) in [5.74, 6) is 2.76. The second kappa shape index (κ2) is 9.95. The molecule has 2 saturated carbocycles. The number of hydrogen-bond donors (Lipinski definition) is 3. The van der Waals surface area contributed by atoms with Crippen LogP contribution in [0.15, 0.2) is 36.0 Å². The van der Waals surface area contributed by atoms with Gasteiger partial charge in [-0.2, -0.15) is 26.3 Å². The fourth-order valence-corrected chi connectivity index (χ4v) is 5.20. The zero-order valence-corrected chi connectivity index (χ0v) is 20.4. The topological polar surface area (TPSA) is 60.7 Å². The van der Waals surface area contributed by atoms with Crippen molar-refractivity contribution in [1.29, 1.82) is 0 Å². The summed E-state index contributed by atoms with van der Waals surface area (Å²) in [6.07, 6.45) is -5.82. The first-order valence-electron chi connectivity index (χ1n) is 11.6. The minimum atomic E-state index is -5.96. The number of rotatable bonds is 4. The Morgan fingerprint density at radius 3 is 2.23 bits per heavy atom. The van der Waals surface area contributed by atoms with Crippen LogP contribution in [-0.2, 0) is 0 Å². The van der Waals surface area contributed by atoms with Gasteiger partial charge in [-0.25, -0.2) is 0 Å². The van der Waals surface area contributed by atoms with E-state index in [0.29, 0.717) is 18.4 Å². The summed E-state index contributed by atoms with van der Waals surface area (Å²) < 4.78 is 77.3. The zero-order valence-electron chi connectivity index (χ0n) is 20.4. The van der Waals surface area contributed by atoms with E-state index in [9.17, 15) is 41.7 Å². The van der Waals surface area contributed by atoms with Crippen molar-refractivity contribution in [3.05, 3.63) is 36.0 Å². The highest BCUT2D eigenvalue weighted by Crippen LogP contribution is 2.60. The summed E-state index contributed by atoms with van der Waals surface area (Å²) in [6, 6.07) is 0. The summed E-state index contributed by atoms with van der Waals surface area (Å²) in [4.78, 5) is 0. The molecule has 0 saturated heterocycles. The van der Waals surface area contributed by atoms with Gasteiger partial charge in [-0.15, -0.1) is 0 Å². The molecular formula is C26H34F6O3. The lowest BCUT2D eigenvalue weighted by Crippen LogP contribution is -2.55. The predicted octanol–water partition coefficient (Wildman–Crippen LogP) is 5.87. The lowest BCUT2D eigenvalue weighted by atomic mass is 9.59. The number of aliphatic hydroxyl groups excluding tert-OH is 2. The van der Waals surface area contributed by atoms with E-state index in [4.69, 9.17) is 0 Å². The third-order valence-corrected chi connectivity index (χ3v) is 8.37. The Balaban J connectivity index is 2.18. The van der Waals surface area contributed by atoms with E-state index >= 15 is 0 Å². The molecule has 2 rings (SSSR count). The predicted molar refractivity (Wildman–Crippen MR) is 121 cm³/mol. The Morgan fingerprint density at radius 2 is 1.69 bits per heavy atom. The molecule has 35 heavy (non-hydrogen) atoms. The van der Waals surface area contributed by atoms with Crippen LogP contribution in [0, 0.1) is 34.5 Å². The zero-order chi connectivity index (χ0) is 27.0. The van der Waals surface area contributed by atoms with Gasteiger partial charge in [0.2, 0.25) is 0 Å². The molecule has 198 valence electrons. The average Bonchev–Trinajstić information content (AvgIpc) is 2.93. The van der Waals surface area contributed by atoms with Gasteiger partial charge in [0.05, 0.1) is 12.2 Å². The van der Waals surface area contributed by atoms with Crippen LogP contribution in [0.5, 0.6) is 0 Å². The fourth-order valence-electron chi connectivity index (χ4n) is 5.20. The molecule has 3 nitrogen and oxygen atoms in total. The van der Waals surface area contributed by atoms with Crippen LogP contribution < -0.4 is 0 Å². The van der Waals surface area contributed by atoms with Gasteiger partial charge in [-0.05, 0) is 59.0 Å². The highest BCUT2D eigenvalue weighted by atomic mass is 19.4. The summed E-state index contributed by atoms with van der Waals surface area (Å²) in [5.41, 5.74) is -4.51. The molecule has 0 aliphatic heterocycles. The molecule has 2 fully saturated rings. The molecule has 2 aliphatic rings. The van der Waals surface area contributed by atoms with Gasteiger partial charge >= 0.3 is 18.0 Å². The maximum Gasteiger partial charge on any atom is 0.438 e. The average molecular weight is 509 g/mol. The number of halogens is 6. The van der Waals surface area contributed by atoms with E-state index in [2.05, 4.69) is 6.58 Å². The quantitative estimate of drug-likeness (QED) is 0.329. The molecule has 3 N–H and O–H groups in total. The van der Waals surface area contributed by atoms with Crippen molar-refractivity contribution in [2.24, 2.45) is 22.7 Å². The van der Waals surface area contributed by atoms with Crippen LogP contribution in [0.3, 0.4) is 0 Å². The highest BCUT2D eigenvalue weighted by molar-refractivity contribution is 5.37. The van der Waals surface area contributed by atoms with Crippen molar-refractivity contribution in [1.82, 2.24) is 0 Å². The Bertz CT molecular complexity index is 904. The molecule has 0 aromatic heterocycles. The standard InChI is InChI=1S/C26H34F6O3/c1-16(8-7-12-24(35,25(27,28)29)26(30,31)32)23(5)13-11-19(22(23,3)4)10-6-9-18-14-20(33)15-21(34)17(18)2/h6,9-10,16,19-21,33-35H,2,8,11,13-15H2,1,3-5H3/b10-6+,18-9+/t16-,19-,20-,21+,23-/m1/s1. The molecule has 5 atom stereocenters. The second-order valence-electron chi connectivity index (χ2n) is 10.6. The van der Waals surface area contributed by atoms with Gasteiger partial charge in [0.25, 0.3) is 0 Å². The highest BCUT2D eigenvalue weighted by Gasteiger charge is 2.70. The minimum absolute atomic E-state index is 0.0775. The Kier molecular flexibility index (Phi) is 8.38. The second-order valence-corrected chi connectivity index (χ2v) is 10.6. The summed E-state index contributed by atoms with van der Waals surface area (Å²) in [6.45, 7) is 11.6. The van der Waals surface area contributed by atoms with Crippen molar-refractivity contribution >= 4 is 0 Å². The summed E-state index contributed by atoms with van der Waals surface area (Å²) >= 11 is 0. The lowest BCUT2D eigenvalue weighted by molar-refractivity contribution is -0.343. The summed E-state index contributed by atoms with van der Waals surface area (Å²) in [5, 5.41) is 29.1. The van der Waals surface area contributed by atoms with Crippen LogP contribution in [0.2, 0.25) is 0 Å². The SMILES string of the molecule is C=C1/C(=C/C=C/[C@@H]2CC[C@](C)([C@H](C)CC#CC(O)(C(F)(F)F)C(F)(F)F)C2(C)C)C[C@@H](O)C[C@@H]1O. The Labute approximate surface area is 202 Å². The third kappa shape index (κ3) is 5.65. The smallest absolute Gasteiger partial charge is 0.393 e. The van der Waals surface area contributed by atoms with Crippen LogP contribution >= 0.6 is 0 Å². The molecular weight excluding hydrogens is 474 g/mol. The van der Waals surface area contributed by atoms with E-state index in [-0.39, 0.29) is 30.1 Å². The van der Waals surface area contributed by atoms with Crippen molar-refractivity contribution < 1.29 is 41.7 Å². The van der Waals surface area contributed by atoms with Crippen LogP contribution in [0.1, 0.15) is 59.8 Å². The first-order valence-corrected chi connectivity index (χ1v) is 11.6. The molecule has 0 radical (unpaired) electrons. The van der Waals surface area contributed by atoms with Crippen molar-refractivity contribution in [2.75, 3.05) is 0 Å². The van der Waals surface area contributed by atoms with Gasteiger partial charge in [0.1, 0.15) is 0 Å². The largest absolute Gasteiger partial charge is 0.438 e. The van der Waals surface area contributed by atoms with Crippen LogP contribution in [-0.4, -0.2) is 45.5 Å². The Morgan fingerprint density at radius 1 is 1.11 bits per heavy atom. The van der Waals surface area contributed by atoms with E-state index in [0.717, 1.165) is 17.9 Å². The number of aliphatic hydroxyl groups is 3. The molecule has 2 aliphatic carbocycles. The molecule has 0 spiro atoms. The molecule has 0 aromatic carbocycles. The molecule has 0 aromatic rings. The van der Waals surface area contributed by atoms with Gasteiger partial charge in [0, 0.05) is 12.8 Å². The van der Waals surface area contributed by atoms with Crippen LogP contribution in [0.25, 0.3) is 0 Å². The first kappa shape index (κ1) is 29.5. The van der Waals surface area contributed by atoms with Crippen molar-refractivity contribution in [2.45, 2.75) is 90.0 Å². The summed E-state index contributed by atoms with van der Waals surface area (Å²) in [7, 11) is 0. The maximum atomic E-state index is 12.9. The molecule has 0 amide bonds. The monoisotopic (exact) mass is 508 g/mol. The first-order chi connectivity index (χ1) is 15.8. The van der Waals surface area contributed by atoms with Gasteiger partial charge in [-0.1, -0.05) is 58.4 Å². The number of allylic oxidation sites excluding steroid dienone is 3. The molecule has 0 bridgehead atoms. The van der Waals surface area contributed by atoms with Gasteiger partial charge in [-0.3, -0.25) is 0 Å². The number of alkyl halides is 6. The minimum Gasteiger partial charge on any atom is -0.393 e. The van der Waals surface area contributed by atoms with Crippen molar-refractivity contribution in [3.63, 3.8) is 0 Å². The normalized spacial score (nSPS) is 32.1. The third-order valence-electron chi connectivity index (χ3n) is 8.37. The van der Waals surface area contributed by atoms with Crippen molar-refractivity contribution in [3.8, 4) is 11.8 Å². The lowest BCUT2D eigenvalue weighted by Gasteiger charge is -2.45. The maximum absolute atomic E-state index is 12.9. The van der Waals surface area contributed by atoms with Gasteiger partial charge < -0.3 is 15.3 Å². The van der Waals surface area contributed by atoms with E-state index in [1.54, 1.807) is 6.92 Å². The number of hydrogen-bond acceptors (Lipinski definition) is 3. The molecule has 9 heteroatoms. The Hall–Kier alpha value is -1.76. The van der Waals surface area contributed by atoms with E-state index in [1.807, 2.05) is 44.9 Å². The van der Waals surface area contributed by atoms with Gasteiger partial charge in [0.15, 0.2) is 0 Å². The van der Waals surface area contributed by atoms with E-state index < -0.39 is 35.6 Å². The van der Waals surface area contributed by atoms with Crippen LogP contribution in [0.4, 0.5) is 26.3 Å². The molecule has 0 heterocycles. The van der Waals surface area contributed by atoms with E-state index in [1.165, 1.54) is 0 Å².